The van der Waals surface area contributed by atoms with Gasteiger partial charge in [-0.3, -0.25) is 0 Å². The van der Waals surface area contributed by atoms with Gasteiger partial charge >= 0.3 is 0 Å². The number of hydrogen-bond acceptors (Lipinski definition) is 6. The molecule has 0 aliphatic carbocycles. The van der Waals surface area contributed by atoms with Crippen LogP contribution >= 0.6 is 0 Å². The van der Waals surface area contributed by atoms with Crippen molar-refractivity contribution in [1.82, 2.24) is 0 Å². The first kappa shape index (κ1) is 15.7. The van der Waals surface area contributed by atoms with Crippen LogP contribution in [0.5, 0.6) is 0 Å². The van der Waals surface area contributed by atoms with Crippen molar-refractivity contribution in [2.24, 2.45) is 0 Å². The van der Waals surface area contributed by atoms with Crippen molar-refractivity contribution in [1.29, 1.82) is 0 Å². The second-order valence-electron chi connectivity index (χ2n) is 6.77. The van der Waals surface area contributed by atoms with Crippen LogP contribution in [-0.2, 0) is 18.9 Å². The summed E-state index contributed by atoms with van der Waals surface area (Å²) in [6, 6.07) is 0. The van der Waals surface area contributed by atoms with Gasteiger partial charge in [0.15, 0.2) is 61.5 Å². The Morgan fingerprint density at radius 3 is 1.45 bits per heavy atom. The molecule has 124 valence electrons. The lowest BCUT2D eigenvalue weighted by Crippen LogP contribution is -2.24. The molecule has 0 bridgehead atoms. The monoisotopic (exact) mass is 314 g/mol. The zero-order chi connectivity index (χ0) is 16.1. The van der Waals surface area contributed by atoms with Crippen LogP contribution in [0.15, 0.2) is 0 Å². The van der Waals surface area contributed by atoms with Crippen LogP contribution in [0.25, 0.3) is 0 Å². The summed E-state index contributed by atoms with van der Waals surface area (Å²) in [4.78, 5) is 0. The average Bonchev–Trinajstić information content (AvgIpc) is 2.94. The van der Waals surface area contributed by atoms with E-state index in [-0.39, 0.29) is 24.4 Å². The molecule has 2 saturated heterocycles. The Morgan fingerprint density at radius 2 is 1.14 bits per heavy atom. The van der Waals surface area contributed by atoms with E-state index in [2.05, 4.69) is 0 Å². The molecule has 0 radical (unpaired) electrons. The van der Waals surface area contributed by atoms with E-state index in [0.29, 0.717) is 13.1 Å². The summed E-state index contributed by atoms with van der Waals surface area (Å²) in [5.74, 6) is -1.04. The Kier molecular flexibility index (Phi) is 3.67. The van der Waals surface area contributed by atoms with E-state index in [1.54, 1.807) is 0 Å². The average molecular weight is 314 g/mol. The van der Waals surface area contributed by atoms with Crippen molar-refractivity contribution in [2.75, 3.05) is 13.1 Å². The molecule has 8 nitrogen and oxygen atoms in total. The summed E-state index contributed by atoms with van der Waals surface area (Å²) in [5.41, 5.74) is 0. The molecule has 4 aliphatic rings. The van der Waals surface area contributed by atoms with E-state index in [1.807, 2.05) is 27.7 Å². The summed E-state index contributed by atoms with van der Waals surface area (Å²) in [6.07, 6.45) is 2.65. The molecule has 0 N–H and O–H groups in total. The topological polar surface area (TPSA) is 89.1 Å². The molecule has 2 fully saturated rings. The van der Waals surface area contributed by atoms with Gasteiger partial charge in [0.2, 0.25) is 0 Å². The lowest BCUT2D eigenvalue weighted by Gasteiger charge is -2.16. The van der Waals surface area contributed by atoms with Gasteiger partial charge in [-0.15, -0.1) is 0 Å². The lowest BCUT2D eigenvalue weighted by atomic mass is 10.3. The number of hydrogen-bond donors (Lipinski definition) is 0. The number of nitrogens with zero attached hydrogens (tertiary/aromatic N) is 2. The fourth-order valence-corrected chi connectivity index (χ4v) is 3.07. The fraction of sp³-hybridized carbons (Fsp3) is 0.857. The van der Waals surface area contributed by atoms with Gasteiger partial charge in [-0.1, -0.05) is 0 Å². The zero-order valence-electron chi connectivity index (χ0n) is 13.2. The highest BCUT2D eigenvalue weighted by atomic mass is 16.8. The predicted molar refractivity (Wildman–Crippen MR) is 76.8 cm³/mol. The number of rotatable bonds is 0. The minimum absolute atomic E-state index is 0.0671. The quantitative estimate of drug-likeness (QED) is 0.469. The van der Waals surface area contributed by atoms with Gasteiger partial charge in [-0.25, -0.2) is 9.48 Å². The first-order chi connectivity index (χ1) is 10.1. The Bertz CT molecular complexity index is 469. The third-order valence-electron chi connectivity index (χ3n) is 3.79. The van der Waals surface area contributed by atoms with Crippen LogP contribution in [0.3, 0.4) is 0 Å². The van der Waals surface area contributed by atoms with Crippen molar-refractivity contribution in [2.45, 2.75) is 63.7 Å². The van der Waals surface area contributed by atoms with Crippen LogP contribution in [0.4, 0.5) is 0 Å². The van der Waals surface area contributed by atoms with Crippen LogP contribution in [-0.4, -0.2) is 71.0 Å². The molecule has 0 aromatic heterocycles. The molecular weight excluding hydrogens is 292 g/mol. The normalized spacial score (nSPS) is 40.4. The highest BCUT2D eigenvalue weighted by Gasteiger charge is 2.47. The molecule has 0 aromatic rings. The first-order valence-electron chi connectivity index (χ1n) is 7.42. The molecule has 4 rings (SSSR count). The van der Waals surface area contributed by atoms with E-state index < -0.39 is 11.6 Å². The van der Waals surface area contributed by atoms with Crippen LogP contribution in [0.1, 0.15) is 27.7 Å². The summed E-state index contributed by atoms with van der Waals surface area (Å²) in [7, 11) is 0. The molecule has 4 heterocycles. The van der Waals surface area contributed by atoms with Crippen LogP contribution in [0.2, 0.25) is 0 Å². The second kappa shape index (κ2) is 5.16. The molecule has 0 unspecified atom stereocenters. The molecule has 0 amide bonds. The maximum absolute atomic E-state index is 10.8. The molecule has 4 aliphatic heterocycles. The number of hydroxylamine groups is 2. The Balaban J connectivity index is 0.000000131. The second-order valence-corrected chi connectivity index (χ2v) is 6.77. The number of fused-ring (bicyclic) bond motifs is 2. The Hall–Kier alpha value is -1.22. The summed E-state index contributed by atoms with van der Waals surface area (Å²) < 4.78 is 23.5. The minimum atomic E-state index is -0.521. The largest absolute Gasteiger partial charge is 0.624 e. The van der Waals surface area contributed by atoms with Crippen molar-refractivity contribution in [3.63, 3.8) is 0 Å². The first-order valence-corrected chi connectivity index (χ1v) is 7.42. The third kappa shape index (κ3) is 3.24. The molecule has 4 atom stereocenters. The smallest absolute Gasteiger partial charge is 0.183 e. The van der Waals surface area contributed by atoms with Crippen molar-refractivity contribution in [3.05, 3.63) is 10.4 Å². The molecular formula is C14H22N2O6. The standard InChI is InChI=1S/2C7H11NO3/c2*1-7(2)10-5-3-8(9)4-6(5)11-7/h2*3,5-6H,4H2,1-2H3/t2*5-,6+/m00/s1. The zero-order valence-corrected chi connectivity index (χ0v) is 13.2. The maximum atomic E-state index is 10.8. The van der Waals surface area contributed by atoms with Gasteiger partial charge in [0.05, 0.1) is 0 Å². The van der Waals surface area contributed by atoms with Crippen LogP contribution in [0, 0.1) is 10.4 Å². The van der Waals surface area contributed by atoms with Gasteiger partial charge in [0.25, 0.3) is 0 Å². The highest BCUT2D eigenvalue weighted by Crippen LogP contribution is 2.30. The summed E-state index contributed by atoms with van der Waals surface area (Å²) in [5, 5.41) is 21.5. The van der Waals surface area contributed by atoms with Gasteiger partial charge in [-0.05, 0) is 27.7 Å². The van der Waals surface area contributed by atoms with Gasteiger partial charge < -0.3 is 29.4 Å². The minimum Gasteiger partial charge on any atom is -0.624 e. The van der Waals surface area contributed by atoms with Gasteiger partial charge in [0.1, 0.15) is 0 Å². The van der Waals surface area contributed by atoms with Gasteiger partial charge in [-0.2, -0.15) is 0 Å². The van der Waals surface area contributed by atoms with E-state index in [4.69, 9.17) is 18.9 Å². The van der Waals surface area contributed by atoms with Crippen molar-refractivity contribution < 1.29 is 28.4 Å². The van der Waals surface area contributed by atoms with Crippen molar-refractivity contribution >= 4 is 12.4 Å². The highest BCUT2D eigenvalue weighted by molar-refractivity contribution is 5.61. The predicted octanol–water partition coefficient (Wildman–Crippen LogP) is 0.202. The van der Waals surface area contributed by atoms with E-state index in [9.17, 15) is 10.4 Å². The maximum Gasteiger partial charge on any atom is 0.183 e. The van der Waals surface area contributed by atoms with E-state index in [1.165, 1.54) is 12.4 Å². The van der Waals surface area contributed by atoms with Gasteiger partial charge in [0, 0.05) is 0 Å². The molecule has 0 saturated carbocycles. The lowest BCUT2D eigenvalue weighted by molar-refractivity contribution is -0.456. The molecule has 0 aromatic carbocycles. The molecule has 22 heavy (non-hydrogen) atoms. The Morgan fingerprint density at radius 1 is 0.773 bits per heavy atom. The Labute approximate surface area is 129 Å². The van der Waals surface area contributed by atoms with E-state index in [0.717, 1.165) is 9.48 Å². The molecule has 0 spiro atoms. The SMILES string of the molecule is CC1(C)O[C@H]2C=[N+]([O-])C[C@H]2O1.CC1(C)O[C@H]2C=[N+]([O-])C[C@H]2O1. The van der Waals surface area contributed by atoms with Crippen LogP contribution < -0.4 is 0 Å². The fourth-order valence-electron chi connectivity index (χ4n) is 3.07. The summed E-state index contributed by atoms with van der Waals surface area (Å²) >= 11 is 0. The molecule has 8 heteroatoms. The number of ether oxygens (including phenoxy) is 4. The van der Waals surface area contributed by atoms with E-state index >= 15 is 0 Å². The van der Waals surface area contributed by atoms with Crippen molar-refractivity contribution in [3.8, 4) is 0 Å². The third-order valence-corrected chi connectivity index (χ3v) is 3.79. The summed E-state index contributed by atoms with van der Waals surface area (Å²) in [6.45, 7) is 8.22.